The van der Waals surface area contributed by atoms with Crippen molar-refractivity contribution in [1.82, 2.24) is 0 Å². The summed E-state index contributed by atoms with van der Waals surface area (Å²) in [5, 5.41) is 3.45. The number of thiophene rings is 1. The molecule has 0 aliphatic carbocycles. The van der Waals surface area contributed by atoms with Gasteiger partial charge in [0, 0.05) is 4.70 Å². The fourth-order valence-electron chi connectivity index (χ4n) is 1.39. The number of hydrogen-bond donors (Lipinski definition) is 1. The molecule has 0 saturated heterocycles. The first-order valence-corrected chi connectivity index (χ1v) is 5.62. The zero-order valence-corrected chi connectivity index (χ0v) is 8.76. The number of nitrogens with two attached hydrogens (primary N) is 1. The SMILES string of the molecule is NCCC=Cc1ccc2ccsc2c1. The Bertz CT molecular complexity index is 442. The molecule has 0 bridgehead atoms. The summed E-state index contributed by atoms with van der Waals surface area (Å²) >= 11 is 1.78. The van der Waals surface area contributed by atoms with E-state index in [4.69, 9.17) is 5.73 Å². The predicted octanol–water partition coefficient (Wildman–Crippen LogP) is 3.26. The van der Waals surface area contributed by atoms with Crippen molar-refractivity contribution in [1.29, 1.82) is 0 Å². The molecule has 0 amide bonds. The minimum Gasteiger partial charge on any atom is -0.330 e. The fourth-order valence-corrected chi connectivity index (χ4v) is 2.23. The second-order valence-electron chi connectivity index (χ2n) is 3.20. The Hall–Kier alpha value is -1.12. The monoisotopic (exact) mass is 203 g/mol. The van der Waals surface area contributed by atoms with Gasteiger partial charge in [-0.2, -0.15) is 0 Å². The summed E-state index contributed by atoms with van der Waals surface area (Å²) in [5.41, 5.74) is 6.68. The highest BCUT2D eigenvalue weighted by molar-refractivity contribution is 7.17. The molecular weight excluding hydrogens is 190 g/mol. The van der Waals surface area contributed by atoms with Crippen molar-refractivity contribution in [2.24, 2.45) is 5.73 Å². The van der Waals surface area contributed by atoms with Gasteiger partial charge < -0.3 is 5.73 Å². The van der Waals surface area contributed by atoms with Gasteiger partial charge in [-0.05, 0) is 41.4 Å². The molecule has 0 radical (unpaired) electrons. The Labute approximate surface area is 87.9 Å². The molecule has 1 nitrogen and oxygen atoms in total. The number of hydrogen-bond acceptors (Lipinski definition) is 2. The smallest absolute Gasteiger partial charge is 0.0348 e. The van der Waals surface area contributed by atoms with Crippen molar-refractivity contribution in [2.75, 3.05) is 6.54 Å². The van der Waals surface area contributed by atoms with Crippen LogP contribution in [0.5, 0.6) is 0 Å². The summed E-state index contributed by atoms with van der Waals surface area (Å²) in [6, 6.07) is 8.66. The molecule has 0 saturated carbocycles. The first-order valence-electron chi connectivity index (χ1n) is 4.74. The maximum atomic E-state index is 5.42. The molecule has 2 heteroatoms. The van der Waals surface area contributed by atoms with E-state index in [1.54, 1.807) is 11.3 Å². The van der Waals surface area contributed by atoms with Crippen molar-refractivity contribution in [3.05, 3.63) is 41.3 Å². The highest BCUT2D eigenvalue weighted by Gasteiger charge is 1.94. The van der Waals surface area contributed by atoms with Gasteiger partial charge in [-0.25, -0.2) is 0 Å². The van der Waals surface area contributed by atoms with Gasteiger partial charge in [0.1, 0.15) is 0 Å². The third-order valence-electron chi connectivity index (χ3n) is 2.12. The Morgan fingerprint density at radius 2 is 2.21 bits per heavy atom. The van der Waals surface area contributed by atoms with Gasteiger partial charge in [0.25, 0.3) is 0 Å². The van der Waals surface area contributed by atoms with Crippen LogP contribution >= 0.6 is 11.3 Å². The molecule has 1 aromatic carbocycles. The van der Waals surface area contributed by atoms with Crippen LogP contribution in [0.3, 0.4) is 0 Å². The molecule has 0 aliphatic heterocycles. The zero-order valence-electron chi connectivity index (χ0n) is 7.94. The summed E-state index contributed by atoms with van der Waals surface area (Å²) in [7, 11) is 0. The lowest BCUT2D eigenvalue weighted by molar-refractivity contribution is 1.01. The van der Waals surface area contributed by atoms with Crippen LogP contribution in [0.2, 0.25) is 0 Å². The van der Waals surface area contributed by atoms with Crippen LogP contribution in [0, 0.1) is 0 Å². The molecule has 0 fully saturated rings. The minimum absolute atomic E-state index is 0.720. The van der Waals surface area contributed by atoms with Crippen LogP contribution in [0.4, 0.5) is 0 Å². The van der Waals surface area contributed by atoms with E-state index in [0.717, 1.165) is 13.0 Å². The molecular formula is C12H13NS. The van der Waals surface area contributed by atoms with E-state index in [1.165, 1.54) is 15.6 Å². The molecule has 2 rings (SSSR count). The average molecular weight is 203 g/mol. The highest BCUT2D eigenvalue weighted by Crippen LogP contribution is 2.22. The molecule has 72 valence electrons. The molecule has 2 aromatic rings. The molecule has 0 atom stereocenters. The lowest BCUT2D eigenvalue weighted by atomic mass is 10.1. The van der Waals surface area contributed by atoms with Gasteiger partial charge in [0.2, 0.25) is 0 Å². The lowest BCUT2D eigenvalue weighted by Gasteiger charge is -1.93. The van der Waals surface area contributed by atoms with Crippen LogP contribution in [-0.4, -0.2) is 6.54 Å². The summed E-state index contributed by atoms with van der Waals surface area (Å²) in [4.78, 5) is 0. The molecule has 14 heavy (non-hydrogen) atoms. The van der Waals surface area contributed by atoms with Gasteiger partial charge in [-0.3, -0.25) is 0 Å². The largest absolute Gasteiger partial charge is 0.330 e. The van der Waals surface area contributed by atoms with Crippen LogP contribution in [0.15, 0.2) is 35.7 Å². The third-order valence-corrected chi connectivity index (χ3v) is 3.00. The Morgan fingerprint density at radius 1 is 1.29 bits per heavy atom. The summed E-state index contributed by atoms with van der Waals surface area (Å²) in [5.74, 6) is 0. The van der Waals surface area contributed by atoms with Gasteiger partial charge in [-0.1, -0.05) is 24.3 Å². The van der Waals surface area contributed by atoms with Gasteiger partial charge in [-0.15, -0.1) is 11.3 Å². The third kappa shape index (κ3) is 2.03. The van der Waals surface area contributed by atoms with Crippen molar-refractivity contribution >= 4 is 27.5 Å². The second kappa shape index (κ2) is 4.40. The van der Waals surface area contributed by atoms with E-state index < -0.39 is 0 Å². The maximum Gasteiger partial charge on any atom is 0.0348 e. The summed E-state index contributed by atoms with van der Waals surface area (Å²) in [6.07, 6.45) is 5.20. The molecule has 1 heterocycles. The number of benzene rings is 1. The number of rotatable bonds is 3. The molecule has 0 unspecified atom stereocenters. The second-order valence-corrected chi connectivity index (χ2v) is 4.15. The van der Waals surface area contributed by atoms with Crippen LogP contribution < -0.4 is 5.73 Å². The molecule has 2 N–H and O–H groups in total. The van der Waals surface area contributed by atoms with E-state index >= 15 is 0 Å². The molecule has 0 spiro atoms. The first kappa shape index (κ1) is 9.44. The molecule has 1 aromatic heterocycles. The fraction of sp³-hybridized carbons (Fsp3) is 0.167. The first-order chi connectivity index (χ1) is 6.90. The van der Waals surface area contributed by atoms with Gasteiger partial charge in [0.15, 0.2) is 0 Å². The average Bonchev–Trinajstić information content (AvgIpc) is 2.65. The minimum atomic E-state index is 0.720. The van der Waals surface area contributed by atoms with Crippen molar-refractivity contribution in [3.8, 4) is 0 Å². The van der Waals surface area contributed by atoms with E-state index in [2.05, 4.69) is 41.8 Å². The Morgan fingerprint density at radius 3 is 3.07 bits per heavy atom. The van der Waals surface area contributed by atoms with E-state index in [-0.39, 0.29) is 0 Å². The quantitative estimate of drug-likeness (QED) is 0.814. The Kier molecular flexibility index (Phi) is 2.96. The Balaban J connectivity index is 2.25. The number of fused-ring (bicyclic) bond motifs is 1. The predicted molar refractivity (Wildman–Crippen MR) is 64.5 cm³/mol. The van der Waals surface area contributed by atoms with Crippen LogP contribution in [0.1, 0.15) is 12.0 Å². The lowest BCUT2D eigenvalue weighted by Crippen LogP contribution is -1.94. The summed E-state index contributed by atoms with van der Waals surface area (Å²) < 4.78 is 1.35. The van der Waals surface area contributed by atoms with Crippen LogP contribution in [-0.2, 0) is 0 Å². The summed E-state index contributed by atoms with van der Waals surface area (Å²) in [6.45, 7) is 0.720. The van der Waals surface area contributed by atoms with E-state index in [0.29, 0.717) is 0 Å². The zero-order chi connectivity index (χ0) is 9.80. The standard InChI is InChI=1S/C12H13NS/c13-7-2-1-3-10-4-5-11-6-8-14-12(11)9-10/h1,3-6,8-9H,2,7,13H2. The van der Waals surface area contributed by atoms with Crippen molar-refractivity contribution in [3.63, 3.8) is 0 Å². The van der Waals surface area contributed by atoms with Crippen LogP contribution in [0.25, 0.3) is 16.2 Å². The topological polar surface area (TPSA) is 26.0 Å². The van der Waals surface area contributed by atoms with Gasteiger partial charge in [0.05, 0.1) is 0 Å². The maximum absolute atomic E-state index is 5.42. The van der Waals surface area contributed by atoms with Gasteiger partial charge >= 0.3 is 0 Å². The van der Waals surface area contributed by atoms with Crippen molar-refractivity contribution < 1.29 is 0 Å². The van der Waals surface area contributed by atoms with Crippen molar-refractivity contribution in [2.45, 2.75) is 6.42 Å². The normalized spacial score (nSPS) is 11.5. The molecule has 0 aliphatic rings. The van der Waals surface area contributed by atoms with E-state index in [9.17, 15) is 0 Å². The highest BCUT2D eigenvalue weighted by atomic mass is 32.1. The van der Waals surface area contributed by atoms with E-state index in [1.807, 2.05) is 0 Å².